The molecular formula is C6H10O6. The highest BCUT2D eigenvalue weighted by Gasteiger charge is 2.45. The van der Waals surface area contributed by atoms with E-state index in [1.54, 1.807) is 0 Å². The Morgan fingerprint density at radius 1 is 1.50 bits per heavy atom. The lowest BCUT2D eigenvalue weighted by Crippen LogP contribution is -2.40. The van der Waals surface area contributed by atoms with Crippen LogP contribution in [-0.4, -0.2) is 57.4 Å². The topological polar surface area (TPSA) is 107 Å². The van der Waals surface area contributed by atoms with Crippen LogP contribution in [0.15, 0.2) is 0 Å². The molecule has 2 unspecified atom stereocenters. The molecule has 12 heavy (non-hydrogen) atoms. The molecule has 0 radical (unpaired) electrons. The second-order valence-electron chi connectivity index (χ2n) is 2.59. The summed E-state index contributed by atoms with van der Waals surface area (Å²) in [6.07, 6.45) is -5.70. The van der Waals surface area contributed by atoms with Crippen LogP contribution in [0.1, 0.15) is 0 Å². The third kappa shape index (κ3) is 1.42. The molecule has 0 aromatic rings. The molecule has 1 rings (SSSR count). The Balaban J connectivity index is 2.64. The van der Waals surface area contributed by atoms with Gasteiger partial charge in [-0.3, -0.25) is 0 Å². The molecule has 70 valence electrons. The standard InChI is InChI=1S/C6H10O6/c7-1-2(8)5-3(9)4(10)6(11)12-5/h2-5,7-10H,1H2/t2?,3?,4-,5-/m1/s1. The molecule has 0 saturated carbocycles. The van der Waals surface area contributed by atoms with Crippen molar-refractivity contribution in [3.05, 3.63) is 0 Å². The number of aliphatic hydroxyl groups excluding tert-OH is 4. The zero-order chi connectivity index (χ0) is 9.30. The van der Waals surface area contributed by atoms with Crippen LogP contribution in [0.5, 0.6) is 0 Å². The smallest absolute Gasteiger partial charge is 0.338 e. The Labute approximate surface area is 68.0 Å². The first-order valence-corrected chi connectivity index (χ1v) is 3.43. The SMILES string of the molecule is O=C1O[C@H](C(O)CO)C(O)[C@H]1O. The van der Waals surface area contributed by atoms with E-state index in [-0.39, 0.29) is 0 Å². The number of carbonyl (C=O) groups excluding carboxylic acids is 1. The molecule has 0 spiro atoms. The molecule has 1 aliphatic rings. The van der Waals surface area contributed by atoms with Crippen LogP contribution in [0.2, 0.25) is 0 Å². The van der Waals surface area contributed by atoms with Crippen LogP contribution in [0.4, 0.5) is 0 Å². The lowest BCUT2D eigenvalue weighted by molar-refractivity contribution is -0.151. The van der Waals surface area contributed by atoms with E-state index in [9.17, 15) is 4.79 Å². The molecule has 0 bridgehead atoms. The van der Waals surface area contributed by atoms with Gasteiger partial charge < -0.3 is 25.2 Å². The van der Waals surface area contributed by atoms with E-state index in [2.05, 4.69) is 4.74 Å². The number of aliphatic hydroxyl groups is 4. The Bertz CT molecular complexity index is 181. The third-order valence-corrected chi connectivity index (χ3v) is 1.72. The lowest BCUT2D eigenvalue weighted by atomic mass is 10.1. The summed E-state index contributed by atoms with van der Waals surface area (Å²) < 4.78 is 4.39. The number of hydrogen-bond donors (Lipinski definition) is 4. The normalized spacial score (nSPS) is 38.0. The molecule has 0 aromatic carbocycles. The van der Waals surface area contributed by atoms with Crippen LogP contribution in [0, 0.1) is 0 Å². The van der Waals surface area contributed by atoms with Gasteiger partial charge in [0, 0.05) is 0 Å². The maximum atomic E-state index is 10.6. The van der Waals surface area contributed by atoms with Crippen LogP contribution < -0.4 is 0 Å². The van der Waals surface area contributed by atoms with E-state index >= 15 is 0 Å². The molecule has 4 atom stereocenters. The van der Waals surface area contributed by atoms with Crippen LogP contribution in [0.25, 0.3) is 0 Å². The van der Waals surface area contributed by atoms with Crippen molar-refractivity contribution in [3.63, 3.8) is 0 Å². The van der Waals surface area contributed by atoms with Gasteiger partial charge in [-0.1, -0.05) is 0 Å². The van der Waals surface area contributed by atoms with Gasteiger partial charge in [-0.25, -0.2) is 4.79 Å². The molecule has 1 heterocycles. The van der Waals surface area contributed by atoms with Gasteiger partial charge in [0.25, 0.3) is 0 Å². The van der Waals surface area contributed by atoms with Gasteiger partial charge in [-0.15, -0.1) is 0 Å². The number of rotatable bonds is 2. The fraction of sp³-hybridized carbons (Fsp3) is 0.833. The third-order valence-electron chi connectivity index (χ3n) is 1.72. The number of ether oxygens (including phenoxy) is 1. The Morgan fingerprint density at radius 3 is 2.42 bits per heavy atom. The van der Waals surface area contributed by atoms with Gasteiger partial charge in [-0.05, 0) is 0 Å². The average Bonchev–Trinajstić information content (AvgIpc) is 2.32. The zero-order valence-electron chi connectivity index (χ0n) is 6.12. The Hall–Kier alpha value is -0.690. The second kappa shape index (κ2) is 3.36. The summed E-state index contributed by atoms with van der Waals surface area (Å²) in [6, 6.07) is 0. The largest absolute Gasteiger partial charge is 0.455 e. The van der Waals surface area contributed by atoms with Gasteiger partial charge in [-0.2, -0.15) is 0 Å². The fourth-order valence-corrected chi connectivity index (χ4v) is 1.00. The fourth-order valence-electron chi connectivity index (χ4n) is 1.00. The quantitative estimate of drug-likeness (QED) is 0.335. The minimum absolute atomic E-state index is 0.637. The molecule has 4 N–H and O–H groups in total. The lowest BCUT2D eigenvalue weighted by Gasteiger charge is -2.17. The summed E-state index contributed by atoms with van der Waals surface area (Å²) in [4.78, 5) is 10.6. The summed E-state index contributed by atoms with van der Waals surface area (Å²) in [7, 11) is 0. The molecular weight excluding hydrogens is 168 g/mol. The summed E-state index contributed by atoms with van der Waals surface area (Å²) in [5, 5.41) is 35.3. The second-order valence-corrected chi connectivity index (χ2v) is 2.59. The summed E-state index contributed by atoms with van der Waals surface area (Å²) in [5.74, 6) is -0.986. The van der Waals surface area contributed by atoms with Crippen LogP contribution >= 0.6 is 0 Å². The number of cyclic esters (lactones) is 1. The van der Waals surface area contributed by atoms with Crippen molar-refractivity contribution < 1.29 is 30.0 Å². The maximum absolute atomic E-state index is 10.6. The van der Waals surface area contributed by atoms with Gasteiger partial charge in [0.1, 0.15) is 12.2 Å². The van der Waals surface area contributed by atoms with E-state index in [0.29, 0.717) is 0 Å². The van der Waals surface area contributed by atoms with Gasteiger partial charge in [0.05, 0.1) is 6.61 Å². The van der Waals surface area contributed by atoms with Crippen molar-refractivity contribution >= 4 is 5.97 Å². The summed E-state index contributed by atoms with van der Waals surface area (Å²) >= 11 is 0. The average molecular weight is 178 g/mol. The van der Waals surface area contributed by atoms with Crippen molar-refractivity contribution in [1.82, 2.24) is 0 Å². The van der Waals surface area contributed by atoms with Crippen molar-refractivity contribution in [1.29, 1.82) is 0 Å². The Kier molecular flexibility index (Phi) is 2.63. The molecule has 6 nitrogen and oxygen atoms in total. The molecule has 0 aliphatic carbocycles. The van der Waals surface area contributed by atoms with Crippen molar-refractivity contribution in [2.75, 3.05) is 6.61 Å². The molecule has 6 heteroatoms. The first kappa shape index (κ1) is 9.40. The van der Waals surface area contributed by atoms with E-state index < -0.39 is 37.0 Å². The highest BCUT2D eigenvalue weighted by molar-refractivity contribution is 5.77. The summed E-state index contributed by atoms with van der Waals surface area (Å²) in [5.41, 5.74) is 0. The Morgan fingerprint density at radius 2 is 2.08 bits per heavy atom. The minimum atomic E-state index is -1.63. The van der Waals surface area contributed by atoms with Gasteiger partial charge in [0.2, 0.25) is 0 Å². The number of carbonyl (C=O) groups is 1. The van der Waals surface area contributed by atoms with Crippen LogP contribution in [-0.2, 0) is 9.53 Å². The molecule has 1 aliphatic heterocycles. The predicted molar refractivity (Wildman–Crippen MR) is 35.0 cm³/mol. The molecule has 0 aromatic heterocycles. The van der Waals surface area contributed by atoms with Crippen molar-refractivity contribution in [2.45, 2.75) is 24.4 Å². The predicted octanol–water partition coefficient (Wildman–Crippen LogP) is -3.01. The first-order valence-electron chi connectivity index (χ1n) is 3.43. The monoisotopic (exact) mass is 178 g/mol. The number of hydrogen-bond acceptors (Lipinski definition) is 6. The maximum Gasteiger partial charge on any atom is 0.338 e. The van der Waals surface area contributed by atoms with Gasteiger partial charge >= 0.3 is 5.97 Å². The van der Waals surface area contributed by atoms with Gasteiger partial charge in [0.15, 0.2) is 12.2 Å². The molecule has 1 fully saturated rings. The van der Waals surface area contributed by atoms with E-state index in [1.165, 1.54) is 0 Å². The van der Waals surface area contributed by atoms with E-state index in [4.69, 9.17) is 20.4 Å². The van der Waals surface area contributed by atoms with E-state index in [1.807, 2.05) is 0 Å². The minimum Gasteiger partial charge on any atom is -0.455 e. The highest BCUT2D eigenvalue weighted by atomic mass is 16.6. The first-order chi connectivity index (χ1) is 5.57. The highest BCUT2D eigenvalue weighted by Crippen LogP contribution is 2.18. The molecule has 1 saturated heterocycles. The summed E-state index contributed by atoms with van der Waals surface area (Å²) in [6.45, 7) is -0.637. The van der Waals surface area contributed by atoms with Crippen molar-refractivity contribution in [3.8, 4) is 0 Å². The van der Waals surface area contributed by atoms with Crippen molar-refractivity contribution in [2.24, 2.45) is 0 Å². The molecule has 0 amide bonds. The van der Waals surface area contributed by atoms with E-state index in [0.717, 1.165) is 0 Å². The zero-order valence-corrected chi connectivity index (χ0v) is 6.12. The number of esters is 1. The van der Waals surface area contributed by atoms with Crippen LogP contribution in [0.3, 0.4) is 0 Å².